The van der Waals surface area contributed by atoms with Crippen molar-refractivity contribution < 1.29 is 47.0 Å². The zero-order valence-corrected chi connectivity index (χ0v) is 25.2. The number of carboxylic acids is 1. The Kier molecular flexibility index (Phi) is 9.83. The van der Waals surface area contributed by atoms with Gasteiger partial charge in [0.2, 0.25) is 11.5 Å². The molecule has 3 saturated heterocycles. The number of aliphatic hydroxyl groups is 1. The van der Waals surface area contributed by atoms with Gasteiger partial charge in [0.05, 0.1) is 26.2 Å². The number of halogens is 3. The van der Waals surface area contributed by atoms with E-state index in [0.29, 0.717) is 23.6 Å². The summed E-state index contributed by atoms with van der Waals surface area (Å²) in [5.74, 6) is -3.18. The number of nitrogens with zero attached hydrogens (tertiary/aromatic N) is 1. The van der Waals surface area contributed by atoms with E-state index in [1.165, 1.54) is 11.1 Å². The summed E-state index contributed by atoms with van der Waals surface area (Å²) in [6.45, 7) is 4.24. The molecule has 0 radical (unpaired) electrons. The molecule has 1 amide bonds. The van der Waals surface area contributed by atoms with Gasteiger partial charge in [-0.3, -0.25) is 4.79 Å². The lowest BCUT2D eigenvalue weighted by Gasteiger charge is -2.52. The highest BCUT2D eigenvalue weighted by Crippen LogP contribution is 2.38. The van der Waals surface area contributed by atoms with Gasteiger partial charge in [-0.2, -0.15) is 13.2 Å². The molecule has 1 atom stereocenters. The minimum Gasteiger partial charge on any atom is -0.542 e. The fourth-order valence-electron chi connectivity index (χ4n) is 6.96. The molecule has 1 aliphatic carbocycles. The molecule has 8 nitrogen and oxygen atoms in total. The molecular weight excluding hydrogens is 601 g/mol. The number of carbonyl (C=O) groups excluding carboxylic acids is 3. The number of piperidine rings is 3. The number of rotatable bonds is 8. The third-order valence-electron chi connectivity index (χ3n) is 9.52. The Balaban J connectivity index is 0.000000537. The van der Waals surface area contributed by atoms with Crippen molar-refractivity contribution in [2.45, 2.75) is 43.6 Å². The zero-order chi connectivity index (χ0) is 33.0. The SMILES string of the molecule is O=C(NCC[N+]12CCC(CC1)[C@@H](OC(=O)C(O)(c1ccccc1)c1ccccc1)C2)C1Cc2ccccc2C1.O=C([O-])C(F)(F)F. The van der Waals surface area contributed by atoms with Crippen LogP contribution in [0.1, 0.15) is 35.1 Å². The number of aliphatic carboxylic acids is 1. The molecule has 0 saturated carbocycles. The number of nitrogens with one attached hydrogen (secondary N) is 1. The summed E-state index contributed by atoms with van der Waals surface area (Å²) in [6, 6.07) is 26.4. The lowest BCUT2D eigenvalue weighted by molar-refractivity contribution is -0.945. The van der Waals surface area contributed by atoms with Crippen molar-refractivity contribution in [1.82, 2.24) is 5.32 Å². The Bertz CT molecular complexity index is 1460. The van der Waals surface area contributed by atoms with Crippen molar-refractivity contribution in [3.8, 4) is 0 Å². The van der Waals surface area contributed by atoms with Crippen LogP contribution in [-0.4, -0.2) is 72.4 Å². The maximum Gasteiger partial charge on any atom is 0.430 e. The number of carbonyl (C=O) groups is 3. The average Bonchev–Trinajstić information content (AvgIpc) is 3.50. The monoisotopic (exact) mass is 638 g/mol. The van der Waals surface area contributed by atoms with Gasteiger partial charge >= 0.3 is 12.1 Å². The van der Waals surface area contributed by atoms with Crippen LogP contribution in [0.4, 0.5) is 13.2 Å². The van der Waals surface area contributed by atoms with Crippen LogP contribution in [0.15, 0.2) is 84.9 Å². The molecule has 3 aromatic carbocycles. The third-order valence-corrected chi connectivity index (χ3v) is 9.52. The molecule has 0 spiro atoms. The molecule has 2 bridgehead atoms. The first kappa shape index (κ1) is 33.2. The van der Waals surface area contributed by atoms with Gasteiger partial charge in [-0.1, -0.05) is 84.9 Å². The van der Waals surface area contributed by atoms with Gasteiger partial charge in [0.25, 0.3) is 0 Å². The van der Waals surface area contributed by atoms with E-state index in [1.54, 1.807) is 24.3 Å². The normalized spacial score (nSPS) is 22.3. The first-order valence-corrected chi connectivity index (χ1v) is 15.4. The van der Waals surface area contributed by atoms with E-state index in [2.05, 4.69) is 17.4 Å². The highest BCUT2D eigenvalue weighted by Gasteiger charge is 2.50. The Labute approximate surface area is 265 Å². The van der Waals surface area contributed by atoms with E-state index in [9.17, 15) is 27.9 Å². The average molecular weight is 639 g/mol. The largest absolute Gasteiger partial charge is 0.542 e. The summed E-state index contributed by atoms with van der Waals surface area (Å²) >= 11 is 0. The van der Waals surface area contributed by atoms with Crippen molar-refractivity contribution in [1.29, 1.82) is 0 Å². The Morgan fingerprint density at radius 3 is 1.80 bits per heavy atom. The minimum absolute atomic E-state index is 0.0110. The second-order valence-electron chi connectivity index (χ2n) is 12.4. The number of ether oxygens (including phenoxy) is 1. The summed E-state index contributed by atoms with van der Waals surface area (Å²) in [5.41, 5.74) is 1.71. The van der Waals surface area contributed by atoms with Crippen LogP contribution in [0, 0.1) is 11.8 Å². The van der Waals surface area contributed by atoms with Crippen molar-refractivity contribution >= 4 is 17.8 Å². The summed E-state index contributed by atoms with van der Waals surface area (Å²) in [7, 11) is 0. The standard InChI is InChI=1S/C33H36N2O4.C2HF3O2/c36-31(27-21-25-9-7-8-10-26(25)22-27)34-17-20-35-18-15-24(16-19-35)30(23-35)39-32(37)33(38,28-11-3-1-4-12-28)29-13-5-2-6-14-29;3-2(4,5)1(6)7/h1-14,24,27,30,38H,15-23H2;(H,6,7)/t24?,30-,35?;/m0./s1. The number of benzene rings is 3. The second kappa shape index (κ2) is 13.6. The highest BCUT2D eigenvalue weighted by molar-refractivity contribution is 5.85. The number of hydrogen-bond donors (Lipinski definition) is 2. The van der Waals surface area contributed by atoms with Crippen LogP contribution >= 0.6 is 0 Å². The molecule has 3 fully saturated rings. The highest BCUT2D eigenvalue weighted by atomic mass is 19.4. The fourth-order valence-corrected chi connectivity index (χ4v) is 6.96. The van der Waals surface area contributed by atoms with Crippen LogP contribution in [0.25, 0.3) is 0 Å². The van der Waals surface area contributed by atoms with E-state index >= 15 is 0 Å². The van der Waals surface area contributed by atoms with E-state index in [0.717, 1.165) is 56.3 Å². The smallest absolute Gasteiger partial charge is 0.430 e. The molecule has 7 rings (SSSR count). The van der Waals surface area contributed by atoms with E-state index in [1.807, 2.05) is 48.5 Å². The van der Waals surface area contributed by atoms with E-state index in [-0.39, 0.29) is 17.9 Å². The first-order valence-electron chi connectivity index (χ1n) is 15.4. The number of carboxylic acid groups (broad SMARTS) is 1. The van der Waals surface area contributed by atoms with Crippen LogP contribution in [0.3, 0.4) is 0 Å². The second-order valence-corrected chi connectivity index (χ2v) is 12.4. The van der Waals surface area contributed by atoms with Crippen LogP contribution < -0.4 is 10.4 Å². The van der Waals surface area contributed by atoms with Gasteiger partial charge in [-0.15, -0.1) is 0 Å². The van der Waals surface area contributed by atoms with Crippen molar-refractivity contribution in [2.75, 3.05) is 32.7 Å². The van der Waals surface area contributed by atoms with Crippen LogP contribution in [0.2, 0.25) is 0 Å². The molecule has 3 heterocycles. The number of quaternary nitrogens is 1. The molecular formula is C35H37F3N2O6. The van der Waals surface area contributed by atoms with Gasteiger partial charge < -0.3 is 29.5 Å². The summed E-state index contributed by atoms with van der Waals surface area (Å²) in [6.07, 6.45) is -1.85. The summed E-state index contributed by atoms with van der Waals surface area (Å²) < 4.78 is 38.6. The van der Waals surface area contributed by atoms with Gasteiger partial charge in [0.15, 0.2) is 6.10 Å². The third kappa shape index (κ3) is 7.26. The molecule has 4 aliphatic rings. The Morgan fingerprint density at radius 1 is 0.848 bits per heavy atom. The number of amides is 1. The van der Waals surface area contributed by atoms with Crippen molar-refractivity contribution in [2.24, 2.45) is 11.8 Å². The lowest BCUT2D eigenvalue weighted by Crippen LogP contribution is -2.66. The van der Waals surface area contributed by atoms with Gasteiger partial charge in [0, 0.05) is 24.7 Å². The molecule has 0 aromatic heterocycles. The molecule has 2 N–H and O–H groups in total. The molecule has 244 valence electrons. The lowest BCUT2D eigenvalue weighted by atomic mass is 9.82. The summed E-state index contributed by atoms with van der Waals surface area (Å²) in [4.78, 5) is 35.4. The molecule has 3 aliphatic heterocycles. The number of esters is 1. The van der Waals surface area contributed by atoms with Gasteiger partial charge in [-0.25, -0.2) is 4.79 Å². The molecule has 46 heavy (non-hydrogen) atoms. The zero-order valence-electron chi connectivity index (χ0n) is 25.2. The predicted molar refractivity (Wildman–Crippen MR) is 160 cm³/mol. The predicted octanol–water partition coefficient (Wildman–Crippen LogP) is 2.90. The van der Waals surface area contributed by atoms with Crippen LogP contribution in [-0.2, 0) is 37.6 Å². The molecule has 11 heteroatoms. The maximum absolute atomic E-state index is 13.7. The summed E-state index contributed by atoms with van der Waals surface area (Å²) in [5, 5.41) is 23.8. The first-order chi connectivity index (χ1) is 21.9. The topological polar surface area (TPSA) is 116 Å². The van der Waals surface area contributed by atoms with Crippen molar-refractivity contribution in [3.05, 3.63) is 107 Å². The molecule has 3 aromatic rings. The number of alkyl halides is 3. The number of fused-ring (bicyclic) bond motifs is 4. The minimum atomic E-state index is -5.19. The fraction of sp³-hybridized carbons (Fsp3) is 0.400. The Hall–Kier alpha value is -4.22. The van der Waals surface area contributed by atoms with Gasteiger partial charge in [0.1, 0.15) is 12.5 Å². The molecule has 0 unspecified atom stereocenters. The van der Waals surface area contributed by atoms with Crippen molar-refractivity contribution in [3.63, 3.8) is 0 Å². The Morgan fingerprint density at radius 2 is 1.33 bits per heavy atom. The number of hydrogen-bond acceptors (Lipinski definition) is 6. The van der Waals surface area contributed by atoms with E-state index < -0.39 is 23.7 Å². The quantitative estimate of drug-likeness (QED) is 0.290. The van der Waals surface area contributed by atoms with Gasteiger partial charge in [-0.05, 0) is 35.1 Å². The maximum atomic E-state index is 13.7. The van der Waals surface area contributed by atoms with E-state index in [4.69, 9.17) is 14.6 Å². The van der Waals surface area contributed by atoms with Crippen LogP contribution in [0.5, 0.6) is 0 Å².